The van der Waals surface area contributed by atoms with Crippen molar-refractivity contribution in [3.8, 4) is 5.75 Å². The van der Waals surface area contributed by atoms with Crippen LogP contribution in [0.5, 0.6) is 5.75 Å². The summed E-state index contributed by atoms with van der Waals surface area (Å²) in [5, 5.41) is 12.8. The van der Waals surface area contributed by atoms with Gasteiger partial charge in [0.15, 0.2) is 0 Å². The molecule has 0 aromatic heterocycles. The van der Waals surface area contributed by atoms with Gasteiger partial charge in [0, 0.05) is 16.3 Å². The number of aryl methyl sites for hydroxylation is 1. The quantitative estimate of drug-likeness (QED) is 0.599. The molecule has 0 bridgehead atoms. The fourth-order valence-corrected chi connectivity index (χ4v) is 2.08. The number of nitrogen functional groups attached to an aromatic ring is 1. The number of carbonyl (C=O) groups excluding carboxylic acids is 1. The van der Waals surface area contributed by atoms with Gasteiger partial charge in [0.2, 0.25) is 0 Å². The molecule has 0 atom stereocenters. The minimum absolute atomic E-state index is 0.0190. The molecule has 0 aliphatic rings. The van der Waals surface area contributed by atoms with Crippen LogP contribution in [-0.2, 0) is 6.42 Å². The first-order chi connectivity index (χ1) is 9.49. The molecule has 0 saturated heterocycles. The van der Waals surface area contributed by atoms with Crippen LogP contribution in [0.15, 0.2) is 36.4 Å². The van der Waals surface area contributed by atoms with E-state index in [1.165, 1.54) is 12.1 Å². The molecule has 1 amide bonds. The lowest BCUT2D eigenvalue weighted by Crippen LogP contribution is -2.12. The molecule has 0 heterocycles. The van der Waals surface area contributed by atoms with E-state index in [0.717, 1.165) is 12.0 Å². The van der Waals surface area contributed by atoms with Crippen LogP contribution in [0.2, 0.25) is 5.02 Å². The van der Waals surface area contributed by atoms with E-state index in [1.54, 1.807) is 18.2 Å². The monoisotopic (exact) mass is 290 g/mol. The second-order valence-corrected chi connectivity index (χ2v) is 4.87. The predicted octanol–water partition coefficient (Wildman–Crippen LogP) is 3.44. The number of halogens is 1. The molecule has 0 radical (unpaired) electrons. The lowest BCUT2D eigenvalue weighted by molar-refractivity contribution is 0.102. The van der Waals surface area contributed by atoms with Crippen molar-refractivity contribution in [3.05, 3.63) is 52.5 Å². The highest BCUT2D eigenvalue weighted by Crippen LogP contribution is 2.25. The molecule has 0 aliphatic heterocycles. The first kappa shape index (κ1) is 14.2. The number of hydrogen-bond donors (Lipinski definition) is 3. The molecule has 4 N–H and O–H groups in total. The highest BCUT2D eigenvalue weighted by Gasteiger charge is 2.11. The summed E-state index contributed by atoms with van der Waals surface area (Å²) in [6.45, 7) is 2.00. The number of aromatic hydroxyl groups is 1. The van der Waals surface area contributed by atoms with E-state index in [0.29, 0.717) is 22.0 Å². The number of carbonyl (C=O) groups is 1. The number of rotatable bonds is 3. The normalized spacial score (nSPS) is 10.3. The molecular weight excluding hydrogens is 276 g/mol. The fourth-order valence-electron chi connectivity index (χ4n) is 1.84. The maximum Gasteiger partial charge on any atom is 0.255 e. The summed E-state index contributed by atoms with van der Waals surface area (Å²) < 4.78 is 0. The van der Waals surface area contributed by atoms with Gasteiger partial charge in [-0.1, -0.05) is 24.6 Å². The summed E-state index contributed by atoms with van der Waals surface area (Å²) in [6.07, 6.45) is 0.813. The van der Waals surface area contributed by atoms with E-state index in [1.807, 2.05) is 13.0 Å². The van der Waals surface area contributed by atoms with Crippen LogP contribution >= 0.6 is 11.6 Å². The van der Waals surface area contributed by atoms with Gasteiger partial charge < -0.3 is 16.2 Å². The number of hydrogen-bond acceptors (Lipinski definition) is 3. The van der Waals surface area contributed by atoms with Gasteiger partial charge >= 0.3 is 0 Å². The van der Waals surface area contributed by atoms with Crippen LogP contribution in [0.1, 0.15) is 22.8 Å². The minimum atomic E-state index is -0.372. The Morgan fingerprint density at radius 3 is 2.70 bits per heavy atom. The van der Waals surface area contributed by atoms with Crippen molar-refractivity contribution < 1.29 is 9.90 Å². The Hall–Kier alpha value is -2.20. The maximum atomic E-state index is 12.1. The SMILES string of the molecule is CCc1ccc(O)c(NC(=O)c2cc(N)cc(Cl)c2)c1. The number of nitrogens with one attached hydrogen (secondary N) is 1. The third-order valence-corrected chi connectivity index (χ3v) is 3.12. The molecular formula is C15H15ClN2O2. The Kier molecular flexibility index (Phi) is 4.15. The molecule has 0 unspecified atom stereocenters. The Balaban J connectivity index is 2.27. The van der Waals surface area contributed by atoms with Gasteiger partial charge in [0.1, 0.15) is 5.75 Å². The Morgan fingerprint density at radius 1 is 1.30 bits per heavy atom. The van der Waals surface area contributed by atoms with Crippen LogP contribution in [0.25, 0.3) is 0 Å². The summed E-state index contributed by atoms with van der Waals surface area (Å²) in [5.41, 5.74) is 7.79. The summed E-state index contributed by atoms with van der Waals surface area (Å²) >= 11 is 5.87. The second kappa shape index (κ2) is 5.84. The zero-order valence-corrected chi connectivity index (χ0v) is 11.7. The van der Waals surface area contributed by atoms with Crippen LogP contribution in [0, 0.1) is 0 Å². The van der Waals surface area contributed by atoms with E-state index in [4.69, 9.17) is 17.3 Å². The van der Waals surface area contributed by atoms with Gasteiger partial charge in [-0.3, -0.25) is 4.79 Å². The zero-order chi connectivity index (χ0) is 14.7. The molecule has 2 aromatic carbocycles. The molecule has 0 aliphatic carbocycles. The minimum Gasteiger partial charge on any atom is -0.506 e. The molecule has 2 rings (SSSR count). The Labute approximate surface area is 122 Å². The molecule has 0 saturated carbocycles. The van der Waals surface area contributed by atoms with Crippen LogP contribution in [0.3, 0.4) is 0 Å². The average molecular weight is 291 g/mol. The van der Waals surface area contributed by atoms with E-state index < -0.39 is 0 Å². The van der Waals surface area contributed by atoms with Crippen molar-refractivity contribution in [2.24, 2.45) is 0 Å². The molecule has 0 fully saturated rings. The van der Waals surface area contributed by atoms with Crippen molar-refractivity contribution in [1.82, 2.24) is 0 Å². The topological polar surface area (TPSA) is 75.3 Å². The van der Waals surface area contributed by atoms with Crippen LogP contribution in [0.4, 0.5) is 11.4 Å². The predicted molar refractivity (Wildman–Crippen MR) is 81.3 cm³/mol. The first-order valence-electron chi connectivity index (χ1n) is 6.19. The molecule has 2 aromatic rings. The third kappa shape index (κ3) is 3.22. The van der Waals surface area contributed by atoms with Gasteiger partial charge in [-0.15, -0.1) is 0 Å². The second-order valence-electron chi connectivity index (χ2n) is 4.43. The number of phenols is 1. The van der Waals surface area contributed by atoms with Gasteiger partial charge in [0.05, 0.1) is 5.69 Å². The molecule has 0 spiro atoms. The van der Waals surface area contributed by atoms with Crippen molar-refractivity contribution in [2.45, 2.75) is 13.3 Å². The van der Waals surface area contributed by atoms with Gasteiger partial charge in [-0.2, -0.15) is 0 Å². The van der Waals surface area contributed by atoms with Crippen molar-refractivity contribution in [3.63, 3.8) is 0 Å². The third-order valence-electron chi connectivity index (χ3n) is 2.90. The Morgan fingerprint density at radius 2 is 2.05 bits per heavy atom. The van der Waals surface area contributed by atoms with E-state index in [2.05, 4.69) is 5.32 Å². The number of anilines is 2. The van der Waals surface area contributed by atoms with Gasteiger partial charge in [-0.05, 0) is 42.3 Å². The number of phenolic OH excluding ortho intramolecular Hbond substituents is 1. The van der Waals surface area contributed by atoms with Gasteiger partial charge in [0.25, 0.3) is 5.91 Å². The number of benzene rings is 2. The lowest BCUT2D eigenvalue weighted by Gasteiger charge is -2.09. The summed E-state index contributed by atoms with van der Waals surface area (Å²) in [4.78, 5) is 12.1. The molecule has 104 valence electrons. The fraction of sp³-hybridized carbons (Fsp3) is 0.133. The largest absolute Gasteiger partial charge is 0.506 e. The number of amides is 1. The van der Waals surface area contributed by atoms with Crippen molar-refractivity contribution in [2.75, 3.05) is 11.1 Å². The standard InChI is InChI=1S/C15H15ClN2O2/c1-2-9-3-4-14(19)13(5-9)18-15(20)10-6-11(16)8-12(17)7-10/h3-8,19H,2,17H2,1H3,(H,18,20). The maximum absolute atomic E-state index is 12.1. The summed E-state index contributed by atoms with van der Waals surface area (Å²) in [6, 6.07) is 9.72. The van der Waals surface area contributed by atoms with E-state index in [9.17, 15) is 9.90 Å². The van der Waals surface area contributed by atoms with Crippen LogP contribution < -0.4 is 11.1 Å². The van der Waals surface area contributed by atoms with E-state index in [-0.39, 0.29) is 11.7 Å². The average Bonchev–Trinajstić information content (AvgIpc) is 2.40. The van der Waals surface area contributed by atoms with Crippen molar-refractivity contribution in [1.29, 1.82) is 0 Å². The molecule has 4 nitrogen and oxygen atoms in total. The molecule has 5 heteroatoms. The van der Waals surface area contributed by atoms with Crippen molar-refractivity contribution >= 4 is 28.9 Å². The van der Waals surface area contributed by atoms with Crippen LogP contribution in [-0.4, -0.2) is 11.0 Å². The van der Waals surface area contributed by atoms with E-state index >= 15 is 0 Å². The summed E-state index contributed by atoms with van der Waals surface area (Å²) in [5.74, 6) is -0.353. The first-order valence-corrected chi connectivity index (χ1v) is 6.56. The molecule has 20 heavy (non-hydrogen) atoms. The smallest absolute Gasteiger partial charge is 0.255 e. The Bertz CT molecular complexity index is 636. The number of nitrogens with two attached hydrogens (primary N) is 1. The van der Waals surface area contributed by atoms with Gasteiger partial charge in [-0.25, -0.2) is 0 Å². The lowest BCUT2D eigenvalue weighted by atomic mass is 10.1. The summed E-state index contributed by atoms with van der Waals surface area (Å²) in [7, 11) is 0. The highest BCUT2D eigenvalue weighted by molar-refractivity contribution is 6.31. The highest BCUT2D eigenvalue weighted by atomic mass is 35.5. The zero-order valence-electron chi connectivity index (χ0n) is 11.0.